The van der Waals surface area contributed by atoms with E-state index in [0.717, 1.165) is 24.0 Å². The molecular weight excluding hydrogens is 222 g/mol. The van der Waals surface area contributed by atoms with Crippen LogP contribution in [0.2, 0.25) is 5.02 Å². The zero-order chi connectivity index (χ0) is 11.7. The fraction of sp³-hybridized carbons (Fsp3) is 0.538. The summed E-state index contributed by atoms with van der Waals surface area (Å²) in [6, 6.07) is 3.48. The summed E-state index contributed by atoms with van der Waals surface area (Å²) in [5, 5.41) is 10.7. The van der Waals surface area contributed by atoms with E-state index in [4.69, 9.17) is 17.3 Å². The molecule has 0 heterocycles. The van der Waals surface area contributed by atoms with E-state index in [0.29, 0.717) is 16.7 Å². The maximum Gasteiger partial charge on any atom is 0.123 e. The summed E-state index contributed by atoms with van der Waals surface area (Å²) in [5.74, 6) is 0.799. The minimum atomic E-state index is -0.0834. The molecule has 0 saturated heterocycles. The van der Waals surface area contributed by atoms with Gasteiger partial charge >= 0.3 is 0 Å². The maximum atomic E-state index is 10.0. The van der Waals surface area contributed by atoms with Gasteiger partial charge in [-0.25, -0.2) is 0 Å². The van der Waals surface area contributed by atoms with Crippen molar-refractivity contribution in [2.24, 2.45) is 11.7 Å². The molecule has 0 aliphatic heterocycles. The third-order valence-electron chi connectivity index (χ3n) is 3.56. The lowest BCUT2D eigenvalue weighted by Crippen LogP contribution is -2.19. The normalized spacial score (nSPS) is 18.9. The monoisotopic (exact) mass is 239 g/mol. The minimum absolute atomic E-state index is 0.0834. The second-order valence-corrected chi connectivity index (χ2v) is 5.17. The van der Waals surface area contributed by atoms with Crippen LogP contribution in [-0.2, 0) is 0 Å². The van der Waals surface area contributed by atoms with Gasteiger partial charge in [0, 0.05) is 16.6 Å². The van der Waals surface area contributed by atoms with Crippen LogP contribution in [-0.4, -0.2) is 5.11 Å². The number of hydrogen-bond acceptors (Lipinski definition) is 2. The van der Waals surface area contributed by atoms with Crippen molar-refractivity contribution in [2.75, 3.05) is 0 Å². The Morgan fingerprint density at radius 1 is 1.38 bits per heavy atom. The Morgan fingerprint density at radius 3 is 2.62 bits per heavy atom. The molecule has 1 fully saturated rings. The Bertz CT molecular complexity index is 386. The predicted octanol–water partition coefficient (Wildman–Crippen LogP) is 3.54. The molecule has 2 nitrogen and oxygen atoms in total. The molecule has 1 aliphatic carbocycles. The number of aryl methyl sites for hydroxylation is 1. The molecule has 0 unspecified atom stereocenters. The molecule has 1 atom stereocenters. The molecule has 0 radical (unpaired) electrons. The Kier molecular flexibility index (Phi) is 3.41. The second-order valence-electron chi connectivity index (χ2n) is 4.73. The van der Waals surface area contributed by atoms with E-state index in [1.165, 1.54) is 12.8 Å². The van der Waals surface area contributed by atoms with Gasteiger partial charge in [0.2, 0.25) is 0 Å². The number of phenols is 1. The van der Waals surface area contributed by atoms with E-state index in [1.807, 2.05) is 6.92 Å². The third-order valence-corrected chi connectivity index (χ3v) is 3.78. The van der Waals surface area contributed by atoms with Crippen LogP contribution in [0.5, 0.6) is 5.75 Å². The van der Waals surface area contributed by atoms with Gasteiger partial charge in [0.15, 0.2) is 0 Å². The van der Waals surface area contributed by atoms with E-state index in [-0.39, 0.29) is 6.04 Å². The van der Waals surface area contributed by atoms with Gasteiger partial charge < -0.3 is 10.8 Å². The Labute approximate surface area is 101 Å². The van der Waals surface area contributed by atoms with Gasteiger partial charge in [-0.15, -0.1) is 0 Å². The topological polar surface area (TPSA) is 46.2 Å². The number of rotatable bonds is 2. The first kappa shape index (κ1) is 11.7. The third kappa shape index (κ3) is 2.18. The standard InChI is InChI=1S/C13H18ClNO/c1-8-6-10(14)7-11(13(8)16)12(15)9-4-2-3-5-9/h6-7,9,12,16H,2-5,15H2,1H3/t12-/m1/s1. The lowest BCUT2D eigenvalue weighted by molar-refractivity contribution is 0.410. The van der Waals surface area contributed by atoms with Gasteiger partial charge in [-0.05, 0) is 43.4 Å². The van der Waals surface area contributed by atoms with Crippen LogP contribution >= 0.6 is 11.6 Å². The molecule has 16 heavy (non-hydrogen) atoms. The highest BCUT2D eigenvalue weighted by atomic mass is 35.5. The molecule has 3 N–H and O–H groups in total. The molecular formula is C13H18ClNO. The van der Waals surface area contributed by atoms with E-state index in [2.05, 4.69) is 0 Å². The Hall–Kier alpha value is -0.730. The van der Waals surface area contributed by atoms with E-state index >= 15 is 0 Å². The van der Waals surface area contributed by atoms with Gasteiger partial charge in [-0.2, -0.15) is 0 Å². The largest absolute Gasteiger partial charge is 0.507 e. The highest BCUT2D eigenvalue weighted by Crippen LogP contribution is 2.39. The molecule has 0 bridgehead atoms. The maximum absolute atomic E-state index is 10.0. The van der Waals surface area contributed by atoms with Gasteiger partial charge in [0.1, 0.15) is 5.75 Å². The summed E-state index contributed by atoms with van der Waals surface area (Å²) >= 11 is 6.01. The second kappa shape index (κ2) is 4.64. The molecule has 1 aromatic carbocycles. The van der Waals surface area contributed by atoms with Crippen molar-refractivity contribution in [3.8, 4) is 5.75 Å². The molecule has 0 spiro atoms. The first-order valence-electron chi connectivity index (χ1n) is 5.84. The van der Waals surface area contributed by atoms with Gasteiger partial charge in [-0.3, -0.25) is 0 Å². The number of nitrogens with two attached hydrogens (primary N) is 1. The van der Waals surface area contributed by atoms with Crippen LogP contribution in [0.1, 0.15) is 42.9 Å². The van der Waals surface area contributed by atoms with Crippen LogP contribution in [0.4, 0.5) is 0 Å². The average Bonchev–Trinajstić information content (AvgIpc) is 2.75. The summed E-state index contributed by atoms with van der Waals surface area (Å²) in [4.78, 5) is 0. The van der Waals surface area contributed by atoms with Gasteiger partial charge in [-0.1, -0.05) is 24.4 Å². The number of benzene rings is 1. The minimum Gasteiger partial charge on any atom is -0.507 e. The highest BCUT2D eigenvalue weighted by Gasteiger charge is 2.25. The molecule has 0 aromatic heterocycles. The number of hydrogen-bond donors (Lipinski definition) is 2. The highest BCUT2D eigenvalue weighted by molar-refractivity contribution is 6.30. The van der Waals surface area contributed by atoms with Crippen LogP contribution in [0.25, 0.3) is 0 Å². The molecule has 88 valence electrons. The van der Waals surface area contributed by atoms with Crippen LogP contribution < -0.4 is 5.73 Å². The summed E-state index contributed by atoms with van der Waals surface area (Å²) in [7, 11) is 0. The fourth-order valence-electron chi connectivity index (χ4n) is 2.59. The molecule has 3 heteroatoms. The lowest BCUT2D eigenvalue weighted by atomic mass is 9.91. The average molecular weight is 240 g/mol. The van der Waals surface area contributed by atoms with Crippen molar-refractivity contribution in [1.29, 1.82) is 0 Å². The van der Waals surface area contributed by atoms with Crippen molar-refractivity contribution in [3.05, 3.63) is 28.3 Å². The molecule has 1 aliphatic rings. The molecule has 2 rings (SSSR count). The summed E-state index contributed by atoms with van der Waals surface area (Å²) in [6.07, 6.45) is 4.82. The number of aromatic hydroxyl groups is 1. The SMILES string of the molecule is Cc1cc(Cl)cc([C@H](N)C2CCCC2)c1O. The first-order valence-corrected chi connectivity index (χ1v) is 6.22. The van der Waals surface area contributed by atoms with Crippen molar-refractivity contribution >= 4 is 11.6 Å². The quantitative estimate of drug-likeness (QED) is 0.829. The van der Waals surface area contributed by atoms with Gasteiger partial charge in [0.05, 0.1) is 0 Å². The zero-order valence-corrected chi connectivity index (χ0v) is 10.3. The molecule has 1 saturated carbocycles. The lowest BCUT2D eigenvalue weighted by Gasteiger charge is -2.21. The van der Waals surface area contributed by atoms with Crippen molar-refractivity contribution in [1.82, 2.24) is 0 Å². The van der Waals surface area contributed by atoms with Gasteiger partial charge in [0.25, 0.3) is 0 Å². The Balaban J connectivity index is 2.31. The molecule has 1 aromatic rings. The van der Waals surface area contributed by atoms with Crippen LogP contribution in [0.3, 0.4) is 0 Å². The number of phenolic OH excluding ortho intramolecular Hbond substituents is 1. The zero-order valence-electron chi connectivity index (χ0n) is 9.54. The number of halogens is 1. The van der Waals surface area contributed by atoms with E-state index in [9.17, 15) is 5.11 Å². The smallest absolute Gasteiger partial charge is 0.123 e. The van der Waals surface area contributed by atoms with Crippen molar-refractivity contribution < 1.29 is 5.11 Å². The summed E-state index contributed by atoms with van der Waals surface area (Å²) in [6.45, 7) is 1.85. The molecule has 0 amide bonds. The fourth-order valence-corrected chi connectivity index (χ4v) is 2.87. The van der Waals surface area contributed by atoms with E-state index < -0.39 is 0 Å². The van der Waals surface area contributed by atoms with Crippen molar-refractivity contribution in [3.63, 3.8) is 0 Å². The van der Waals surface area contributed by atoms with Crippen LogP contribution in [0.15, 0.2) is 12.1 Å². The van der Waals surface area contributed by atoms with Crippen molar-refractivity contribution in [2.45, 2.75) is 38.6 Å². The predicted molar refractivity (Wildman–Crippen MR) is 66.7 cm³/mol. The summed E-state index contributed by atoms with van der Waals surface area (Å²) in [5.41, 5.74) is 7.82. The summed E-state index contributed by atoms with van der Waals surface area (Å²) < 4.78 is 0. The van der Waals surface area contributed by atoms with E-state index in [1.54, 1.807) is 12.1 Å². The first-order chi connectivity index (χ1) is 7.59. The van der Waals surface area contributed by atoms with Crippen LogP contribution in [0, 0.1) is 12.8 Å². The Morgan fingerprint density at radius 2 is 2.00 bits per heavy atom.